The number of Topliss-reactive ketones (excluding diaryl/α,β-unsaturated/α-hetero) is 1. The summed E-state index contributed by atoms with van der Waals surface area (Å²) in [5, 5.41) is 3.30. The number of para-hydroxylation sites is 1. The van der Waals surface area contributed by atoms with Crippen molar-refractivity contribution in [3.8, 4) is 17.2 Å². The lowest BCUT2D eigenvalue weighted by atomic mass is 9.93. The van der Waals surface area contributed by atoms with Gasteiger partial charge in [-0.05, 0) is 79.8 Å². The third-order valence-corrected chi connectivity index (χ3v) is 5.42. The average Bonchev–Trinajstić information content (AvgIpc) is 3.16. The number of rotatable bonds is 4. The number of halogens is 1. The molecule has 1 aliphatic heterocycles. The zero-order valence-electron chi connectivity index (χ0n) is 17.1. The molecule has 1 unspecified atom stereocenters. The van der Waals surface area contributed by atoms with Gasteiger partial charge in [0.1, 0.15) is 17.6 Å². The molecule has 1 aliphatic rings. The first-order valence-electron chi connectivity index (χ1n) is 9.79. The van der Waals surface area contributed by atoms with Gasteiger partial charge in [-0.15, -0.1) is 0 Å². The minimum Gasteiger partial charge on any atom is -0.484 e. The highest BCUT2D eigenvalue weighted by atomic mass is 127. The highest BCUT2D eigenvalue weighted by Crippen LogP contribution is 2.32. The van der Waals surface area contributed by atoms with Crippen LogP contribution < -0.4 is 10.1 Å². The number of ketones is 1. The molecular weight excluding hydrogens is 491 g/mol. The largest absolute Gasteiger partial charge is 0.484 e. The van der Waals surface area contributed by atoms with E-state index >= 15 is 0 Å². The molecule has 5 nitrogen and oxygen atoms in total. The Hall–Kier alpha value is -2.61. The van der Waals surface area contributed by atoms with Gasteiger partial charge in [-0.3, -0.25) is 4.79 Å². The zero-order chi connectivity index (χ0) is 21.3. The molecule has 4 rings (SSSR count). The van der Waals surface area contributed by atoms with Crippen molar-refractivity contribution >= 4 is 28.4 Å². The number of oxazole rings is 1. The SMILES string of the molecule is CC(C)(C)N/C=C1\C(=O)c2ccccc2OC1Cc1cnc(-c2ccc(I)cc2)o1. The Morgan fingerprint density at radius 1 is 1.13 bits per heavy atom. The topological polar surface area (TPSA) is 64.4 Å². The summed E-state index contributed by atoms with van der Waals surface area (Å²) in [6, 6.07) is 15.3. The van der Waals surface area contributed by atoms with Crippen LogP contribution in [0.15, 0.2) is 70.9 Å². The van der Waals surface area contributed by atoms with E-state index in [2.05, 4.69) is 32.9 Å². The number of ether oxygens (including phenoxy) is 1. The molecule has 1 aromatic heterocycles. The van der Waals surface area contributed by atoms with Crippen LogP contribution in [0.3, 0.4) is 0 Å². The van der Waals surface area contributed by atoms with Crippen LogP contribution in [-0.2, 0) is 6.42 Å². The number of hydrogen-bond donors (Lipinski definition) is 1. The average molecular weight is 514 g/mol. The highest BCUT2D eigenvalue weighted by Gasteiger charge is 2.33. The third kappa shape index (κ3) is 4.59. The fraction of sp³-hybridized carbons (Fsp3) is 0.250. The Kier molecular flexibility index (Phi) is 5.69. The summed E-state index contributed by atoms with van der Waals surface area (Å²) >= 11 is 2.26. The van der Waals surface area contributed by atoms with Crippen LogP contribution in [0, 0.1) is 3.57 Å². The van der Waals surface area contributed by atoms with Crippen molar-refractivity contribution < 1.29 is 13.9 Å². The fourth-order valence-electron chi connectivity index (χ4n) is 3.19. The van der Waals surface area contributed by atoms with Gasteiger partial charge in [0.2, 0.25) is 5.89 Å². The molecular formula is C24H23IN2O3. The number of carbonyl (C=O) groups excluding carboxylic acids is 1. The molecule has 0 amide bonds. The molecule has 1 atom stereocenters. The monoisotopic (exact) mass is 514 g/mol. The van der Waals surface area contributed by atoms with Crippen molar-refractivity contribution in [2.45, 2.75) is 38.8 Å². The van der Waals surface area contributed by atoms with Gasteiger partial charge in [0.05, 0.1) is 17.3 Å². The quantitative estimate of drug-likeness (QED) is 0.373. The standard InChI is InChI=1S/C24H23IN2O3/c1-24(2,3)27-14-19-21(30-20-7-5-4-6-18(20)22(19)28)12-17-13-26-23(29-17)15-8-10-16(25)11-9-15/h4-11,13-14,21,27H,12H2,1-3H3/b19-14-. The Bertz CT molecular complexity index is 1090. The van der Waals surface area contributed by atoms with Gasteiger partial charge >= 0.3 is 0 Å². The van der Waals surface area contributed by atoms with Gasteiger partial charge < -0.3 is 14.5 Å². The van der Waals surface area contributed by atoms with Crippen LogP contribution in [0.5, 0.6) is 5.75 Å². The van der Waals surface area contributed by atoms with E-state index in [-0.39, 0.29) is 11.3 Å². The molecule has 2 heterocycles. The Morgan fingerprint density at radius 2 is 1.87 bits per heavy atom. The second-order valence-corrected chi connectivity index (χ2v) is 9.51. The first kappa shape index (κ1) is 20.7. The molecule has 0 spiro atoms. The summed E-state index contributed by atoms with van der Waals surface area (Å²) in [4.78, 5) is 17.6. The van der Waals surface area contributed by atoms with Gasteiger partial charge in [-0.1, -0.05) is 12.1 Å². The molecule has 3 aromatic rings. The van der Waals surface area contributed by atoms with Gasteiger partial charge in [0.25, 0.3) is 0 Å². The van der Waals surface area contributed by atoms with E-state index in [4.69, 9.17) is 9.15 Å². The Labute approximate surface area is 189 Å². The van der Waals surface area contributed by atoms with Crippen LogP contribution >= 0.6 is 22.6 Å². The van der Waals surface area contributed by atoms with Gasteiger partial charge in [0, 0.05) is 27.3 Å². The van der Waals surface area contributed by atoms with Crippen molar-refractivity contribution in [2.24, 2.45) is 0 Å². The summed E-state index contributed by atoms with van der Waals surface area (Å²) in [5.41, 5.74) is 1.90. The van der Waals surface area contributed by atoms with Gasteiger partial charge in [-0.25, -0.2) is 4.98 Å². The predicted molar refractivity (Wildman–Crippen MR) is 125 cm³/mol. The smallest absolute Gasteiger partial charge is 0.226 e. The van der Waals surface area contributed by atoms with Crippen LogP contribution in [-0.4, -0.2) is 22.4 Å². The Morgan fingerprint density at radius 3 is 2.60 bits per heavy atom. The summed E-state index contributed by atoms with van der Waals surface area (Å²) in [6.45, 7) is 6.14. The molecule has 154 valence electrons. The lowest BCUT2D eigenvalue weighted by Crippen LogP contribution is -2.37. The van der Waals surface area contributed by atoms with E-state index in [0.29, 0.717) is 35.0 Å². The maximum Gasteiger partial charge on any atom is 0.226 e. The van der Waals surface area contributed by atoms with E-state index in [0.717, 1.165) is 9.13 Å². The second-order valence-electron chi connectivity index (χ2n) is 8.27. The summed E-state index contributed by atoms with van der Waals surface area (Å²) in [5.74, 6) is 1.79. The number of carbonyl (C=O) groups is 1. The molecule has 30 heavy (non-hydrogen) atoms. The first-order valence-corrected chi connectivity index (χ1v) is 10.9. The number of hydrogen-bond acceptors (Lipinski definition) is 5. The molecule has 0 bridgehead atoms. The minimum atomic E-state index is -0.459. The highest BCUT2D eigenvalue weighted by molar-refractivity contribution is 14.1. The summed E-state index contributed by atoms with van der Waals surface area (Å²) in [7, 11) is 0. The summed E-state index contributed by atoms with van der Waals surface area (Å²) < 4.78 is 13.3. The van der Waals surface area contributed by atoms with Crippen molar-refractivity contribution in [2.75, 3.05) is 0 Å². The lowest BCUT2D eigenvalue weighted by Gasteiger charge is -2.28. The maximum atomic E-state index is 13.2. The van der Waals surface area contributed by atoms with Crippen molar-refractivity contribution in [3.63, 3.8) is 0 Å². The molecule has 1 N–H and O–H groups in total. The van der Waals surface area contributed by atoms with E-state index in [1.807, 2.05) is 63.2 Å². The van der Waals surface area contributed by atoms with E-state index in [1.54, 1.807) is 18.5 Å². The van der Waals surface area contributed by atoms with Crippen molar-refractivity contribution in [3.05, 3.63) is 81.4 Å². The van der Waals surface area contributed by atoms with Crippen LogP contribution in [0.4, 0.5) is 0 Å². The van der Waals surface area contributed by atoms with Gasteiger partial charge in [-0.2, -0.15) is 0 Å². The van der Waals surface area contributed by atoms with Gasteiger partial charge in [0.15, 0.2) is 5.78 Å². The molecule has 0 fully saturated rings. The molecule has 2 aromatic carbocycles. The minimum absolute atomic E-state index is 0.0315. The normalized spacial score (nSPS) is 17.5. The molecule has 6 heteroatoms. The van der Waals surface area contributed by atoms with Crippen LogP contribution in [0.2, 0.25) is 0 Å². The zero-order valence-corrected chi connectivity index (χ0v) is 19.3. The van der Waals surface area contributed by atoms with E-state index < -0.39 is 6.10 Å². The number of nitrogens with one attached hydrogen (secondary N) is 1. The van der Waals surface area contributed by atoms with Crippen LogP contribution in [0.1, 0.15) is 36.9 Å². The number of benzene rings is 2. The van der Waals surface area contributed by atoms with E-state index in [9.17, 15) is 4.79 Å². The number of fused-ring (bicyclic) bond motifs is 1. The molecule has 0 aliphatic carbocycles. The second kappa shape index (κ2) is 8.26. The Balaban J connectivity index is 1.62. The predicted octanol–water partition coefficient (Wildman–Crippen LogP) is 5.40. The number of nitrogens with zero attached hydrogens (tertiary/aromatic N) is 1. The fourth-order valence-corrected chi connectivity index (χ4v) is 3.55. The molecule has 0 radical (unpaired) electrons. The van der Waals surface area contributed by atoms with Crippen molar-refractivity contribution in [1.29, 1.82) is 0 Å². The molecule has 0 saturated heterocycles. The van der Waals surface area contributed by atoms with Crippen molar-refractivity contribution in [1.82, 2.24) is 10.3 Å². The summed E-state index contributed by atoms with van der Waals surface area (Å²) in [6.07, 6.45) is 3.44. The first-order chi connectivity index (χ1) is 14.3. The van der Waals surface area contributed by atoms with E-state index in [1.165, 1.54) is 0 Å². The lowest BCUT2D eigenvalue weighted by molar-refractivity contribution is 0.0957. The number of aromatic nitrogens is 1. The van der Waals surface area contributed by atoms with Crippen LogP contribution in [0.25, 0.3) is 11.5 Å². The molecule has 0 saturated carbocycles. The third-order valence-electron chi connectivity index (χ3n) is 4.70. The maximum absolute atomic E-state index is 13.2.